The highest BCUT2D eigenvalue weighted by molar-refractivity contribution is 9.10. The van der Waals surface area contributed by atoms with Crippen LogP contribution in [0.4, 0.5) is 4.39 Å². The van der Waals surface area contributed by atoms with Crippen molar-refractivity contribution in [3.63, 3.8) is 0 Å². The Bertz CT molecular complexity index is 616. The predicted octanol–water partition coefficient (Wildman–Crippen LogP) is 1.47. The van der Waals surface area contributed by atoms with E-state index in [-0.39, 0.29) is 16.6 Å². The zero-order valence-corrected chi connectivity index (χ0v) is 12.5. The fraction of sp³-hybridized carbons (Fsp3) is 0.308. The van der Waals surface area contributed by atoms with E-state index in [0.717, 1.165) is 11.0 Å². The van der Waals surface area contributed by atoms with Crippen LogP contribution in [0.2, 0.25) is 0 Å². The molecule has 1 saturated heterocycles. The molecule has 1 heterocycles. The van der Waals surface area contributed by atoms with E-state index in [1.165, 1.54) is 26.0 Å². The van der Waals surface area contributed by atoms with Gasteiger partial charge < -0.3 is 4.90 Å². The van der Waals surface area contributed by atoms with E-state index in [2.05, 4.69) is 21.2 Å². The smallest absolute Gasteiger partial charge is 0.255 e. The minimum absolute atomic E-state index is 0.0845. The third kappa shape index (κ3) is 2.45. The molecule has 0 saturated carbocycles. The van der Waals surface area contributed by atoms with Crippen molar-refractivity contribution in [2.45, 2.75) is 19.4 Å². The third-order valence-electron chi connectivity index (χ3n) is 3.20. The van der Waals surface area contributed by atoms with Gasteiger partial charge >= 0.3 is 0 Å². The fourth-order valence-corrected chi connectivity index (χ4v) is 2.14. The molecule has 0 aliphatic carbocycles. The maximum absolute atomic E-state index is 13.5. The minimum atomic E-state index is -1.17. The summed E-state index contributed by atoms with van der Waals surface area (Å²) in [6, 6.07) is 3.91. The molecule has 2 rings (SSSR count). The summed E-state index contributed by atoms with van der Waals surface area (Å²) in [7, 11) is 0. The molecule has 1 aliphatic heterocycles. The Labute approximate surface area is 123 Å². The molecule has 1 aromatic carbocycles. The number of hydrogen-bond donors (Lipinski definition) is 1. The third-order valence-corrected chi connectivity index (χ3v) is 3.84. The van der Waals surface area contributed by atoms with E-state index in [1.807, 2.05) is 0 Å². The number of carbonyl (C=O) groups is 3. The van der Waals surface area contributed by atoms with Crippen LogP contribution in [0.3, 0.4) is 0 Å². The Hall–Kier alpha value is -1.76. The molecule has 0 aromatic heterocycles. The van der Waals surface area contributed by atoms with Gasteiger partial charge in [0, 0.05) is 5.56 Å². The second-order valence-electron chi connectivity index (χ2n) is 4.96. The fourth-order valence-electron chi connectivity index (χ4n) is 1.89. The van der Waals surface area contributed by atoms with Crippen molar-refractivity contribution in [1.29, 1.82) is 0 Å². The van der Waals surface area contributed by atoms with Crippen molar-refractivity contribution in [3.05, 3.63) is 34.1 Å². The molecule has 106 valence electrons. The normalized spacial score (nSPS) is 17.9. The second-order valence-corrected chi connectivity index (χ2v) is 5.81. The van der Waals surface area contributed by atoms with E-state index in [4.69, 9.17) is 0 Å². The Morgan fingerprint density at radius 1 is 1.40 bits per heavy atom. The average molecular weight is 343 g/mol. The standard InChI is InChI=1S/C13H12BrFN2O3/c1-13(2)12(20)16-10(18)6-17(13)11(19)7-3-4-8(14)9(15)5-7/h3-5H,6H2,1-2H3,(H,16,18,20). The molecule has 7 heteroatoms. The summed E-state index contributed by atoms with van der Waals surface area (Å²) in [6.45, 7) is 2.82. The van der Waals surface area contributed by atoms with Gasteiger partial charge in [0.25, 0.3) is 11.8 Å². The molecule has 1 aliphatic rings. The van der Waals surface area contributed by atoms with Crippen LogP contribution in [-0.4, -0.2) is 34.7 Å². The van der Waals surface area contributed by atoms with Gasteiger partial charge in [0.2, 0.25) is 5.91 Å². The maximum atomic E-state index is 13.5. The summed E-state index contributed by atoms with van der Waals surface area (Å²) in [5.41, 5.74) is -1.09. The van der Waals surface area contributed by atoms with Crippen molar-refractivity contribution in [2.75, 3.05) is 6.54 Å². The predicted molar refractivity (Wildman–Crippen MR) is 72.4 cm³/mol. The molecule has 0 spiro atoms. The van der Waals surface area contributed by atoms with Gasteiger partial charge in [-0.05, 0) is 48.0 Å². The maximum Gasteiger partial charge on any atom is 0.255 e. The van der Waals surface area contributed by atoms with Crippen LogP contribution in [0.5, 0.6) is 0 Å². The lowest BCUT2D eigenvalue weighted by molar-refractivity contribution is -0.143. The number of halogens is 2. The molecule has 1 fully saturated rings. The molecule has 3 amide bonds. The number of nitrogens with one attached hydrogen (secondary N) is 1. The molecule has 1 N–H and O–H groups in total. The van der Waals surface area contributed by atoms with E-state index in [0.29, 0.717) is 0 Å². The SMILES string of the molecule is CC1(C)C(=O)NC(=O)CN1C(=O)c1ccc(Br)c(F)c1. The van der Waals surface area contributed by atoms with Crippen molar-refractivity contribution in [2.24, 2.45) is 0 Å². The summed E-state index contributed by atoms with van der Waals surface area (Å²) in [6.07, 6.45) is 0. The van der Waals surface area contributed by atoms with Gasteiger partial charge in [-0.1, -0.05) is 0 Å². The quantitative estimate of drug-likeness (QED) is 0.786. The molecule has 5 nitrogen and oxygen atoms in total. The molecule has 0 atom stereocenters. The Morgan fingerprint density at radius 3 is 2.65 bits per heavy atom. The number of benzene rings is 1. The van der Waals surface area contributed by atoms with Gasteiger partial charge in [-0.15, -0.1) is 0 Å². The number of nitrogens with zero attached hydrogens (tertiary/aromatic N) is 1. The summed E-state index contributed by atoms with van der Waals surface area (Å²) in [4.78, 5) is 36.7. The van der Waals surface area contributed by atoms with Crippen LogP contribution >= 0.6 is 15.9 Å². The Kier molecular flexibility index (Phi) is 3.64. The van der Waals surface area contributed by atoms with Gasteiger partial charge in [0.1, 0.15) is 17.9 Å². The van der Waals surface area contributed by atoms with Gasteiger partial charge in [0.15, 0.2) is 0 Å². The highest BCUT2D eigenvalue weighted by Gasteiger charge is 2.43. The zero-order valence-electron chi connectivity index (χ0n) is 10.9. The first-order valence-electron chi connectivity index (χ1n) is 5.85. The highest BCUT2D eigenvalue weighted by atomic mass is 79.9. The molecular formula is C13H12BrFN2O3. The van der Waals surface area contributed by atoms with Crippen LogP contribution in [0.15, 0.2) is 22.7 Å². The number of hydrogen-bond acceptors (Lipinski definition) is 3. The number of imide groups is 1. The Morgan fingerprint density at radius 2 is 2.05 bits per heavy atom. The van der Waals surface area contributed by atoms with Gasteiger partial charge in [0.05, 0.1) is 4.47 Å². The molecule has 20 heavy (non-hydrogen) atoms. The van der Waals surface area contributed by atoms with Crippen LogP contribution in [0.25, 0.3) is 0 Å². The van der Waals surface area contributed by atoms with Crippen LogP contribution in [0.1, 0.15) is 24.2 Å². The molecule has 1 aromatic rings. The van der Waals surface area contributed by atoms with Crippen LogP contribution in [-0.2, 0) is 9.59 Å². The molecule has 0 radical (unpaired) electrons. The zero-order chi connectivity index (χ0) is 15.1. The second kappa shape index (κ2) is 4.97. The van der Waals surface area contributed by atoms with Crippen molar-refractivity contribution in [1.82, 2.24) is 10.2 Å². The molecular weight excluding hydrogens is 331 g/mol. The average Bonchev–Trinajstić information content (AvgIpc) is 2.36. The summed E-state index contributed by atoms with van der Waals surface area (Å²) < 4.78 is 13.7. The van der Waals surface area contributed by atoms with E-state index in [1.54, 1.807) is 0 Å². The minimum Gasteiger partial charge on any atom is -0.315 e. The number of carbonyl (C=O) groups excluding carboxylic acids is 3. The number of piperazine rings is 1. The largest absolute Gasteiger partial charge is 0.315 e. The van der Waals surface area contributed by atoms with Gasteiger partial charge in [-0.2, -0.15) is 0 Å². The van der Waals surface area contributed by atoms with Crippen LogP contribution in [0, 0.1) is 5.82 Å². The number of rotatable bonds is 1. The summed E-state index contributed by atoms with van der Waals surface area (Å²) in [5, 5.41) is 2.17. The topological polar surface area (TPSA) is 66.5 Å². The molecule has 0 unspecified atom stereocenters. The summed E-state index contributed by atoms with van der Waals surface area (Å²) in [5.74, 6) is -2.26. The lowest BCUT2D eigenvalue weighted by atomic mass is 9.97. The first-order valence-corrected chi connectivity index (χ1v) is 6.64. The first-order chi connectivity index (χ1) is 9.23. The van der Waals surface area contributed by atoms with Gasteiger partial charge in [-0.3, -0.25) is 19.7 Å². The monoisotopic (exact) mass is 342 g/mol. The number of amides is 3. The molecule has 0 bridgehead atoms. The summed E-state index contributed by atoms with van der Waals surface area (Å²) >= 11 is 3.00. The van der Waals surface area contributed by atoms with Gasteiger partial charge in [-0.25, -0.2) is 4.39 Å². The van der Waals surface area contributed by atoms with Crippen molar-refractivity contribution in [3.8, 4) is 0 Å². The van der Waals surface area contributed by atoms with E-state index >= 15 is 0 Å². The Balaban J connectivity index is 2.38. The lowest BCUT2D eigenvalue weighted by Gasteiger charge is -2.40. The van der Waals surface area contributed by atoms with E-state index < -0.39 is 29.1 Å². The van der Waals surface area contributed by atoms with Crippen LogP contribution < -0.4 is 5.32 Å². The van der Waals surface area contributed by atoms with Crippen molar-refractivity contribution < 1.29 is 18.8 Å². The first kappa shape index (κ1) is 14.6. The highest BCUT2D eigenvalue weighted by Crippen LogP contribution is 2.23. The van der Waals surface area contributed by atoms with E-state index in [9.17, 15) is 18.8 Å². The van der Waals surface area contributed by atoms with Crippen molar-refractivity contribution >= 4 is 33.7 Å². The lowest BCUT2D eigenvalue weighted by Crippen LogP contribution is -2.65.